The predicted octanol–water partition coefficient (Wildman–Crippen LogP) is 3.59. The minimum absolute atomic E-state index is 0.0958. The van der Waals surface area contributed by atoms with Crippen molar-refractivity contribution >= 4 is 10.1 Å². The minimum atomic E-state index is -5.76. The molecule has 2 rings (SSSR count). The molecule has 118 valence electrons. The molecule has 0 unspecified atom stereocenters. The van der Waals surface area contributed by atoms with Crippen LogP contribution in [0.2, 0.25) is 0 Å². The third-order valence-corrected chi connectivity index (χ3v) is 3.72. The molecule has 0 atom stereocenters. The zero-order valence-corrected chi connectivity index (χ0v) is 12.1. The van der Waals surface area contributed by atoms with Crippen LogP contribution in [0.3, 0.4) is 0 Å². The van der Waals surface area contributed by atoms with Gasteiger partial charge in [0, 0.05) is 5.56 Å². The first-order chi connectivity index (χ1) is 10.3. The minimum Gasteiger partial charge on any atom is -0.492 e. The maximum Gasteiger partial charge on any atom is 0.534 e. The Kier molecular flexibility index (Phi) is 4.32. The summed E-state index contributed by atoms with van der Waals surface area (Å²) in [5.41, 5.74) is -4.45. The molecule has 0 saturated heterocycles. The summed E-state index contributed by atoms with van der Waals surface area (Å²) in [6.45, 7) is 0. The second-order valence-electron chi connectivity index (χ2n) is 4.19. The number of hydrogen-bond acceptors (Lipinski definition) is 4. The maximum atomic E-state index is 12.4. The summed E-state index contributed by atoms with van der Waals surface area (Å²) in [5, 5.41) is 0. The fourth-order valence-corrected chi connectivity index (χ4v) is 2.26. The topological polar surface area (TPSA) is 52.6 Å². The lowest BCUT2D eigenvalue weighted by Crippen LogP contribution is -2.28. The van der Waals surface area contributed by atoms with Crippen LogP contribution in [0, 0.1) is 0 Å². The van der Waals surface area contributed by atoms with E-state index in [0.717, 1.165) is 6.07 Å². The fourth-order valence-electron chi connectivity index (χ4n) is 1.80. The third-order valence-electron chi connectivity index (χ3n) is 2.75. The summed E-state index contributed by atoms with van der Waals surface area (Å²) in [6.07, 6.45) is 0. The lowest BCUT2D eigenvalue weighted by atomic mass is 10.0. The van der Waals surface area contributed by atoms with E-state index in [9.17, 15) is 21.6 Å². The number of alkyl halides is 3. The van der Waals surface area contributed by atoms with Gasteiger partial charge in [-0.1, -0.05) is 42.5 Å². The molecule has 0 saturated carbocycles. The van der Waals surface area contributed by atoms with Gasteiger partial charge in [-0.2, -0.15) is 21.6 Å². The third kappa shape index (κ3) is 3.16. The van der Waals surface area contributed by atoms with Crippen molar-refractivity contribution in [2.75, 3.05) is 7.11 Å². The van der Waals surface area contributed by atoms with Gasteiger partial charge in [0.05, 0.1) is 7.11 Å². The smallest absolute Gasteiger partial charge is 0.492 e. The van der Waals surface area contributed by atoms with Crippen LogP contribution < -0.4 is 8.92 Å². The molecule has 0 fully saturated rings. The standard InChI is InChI=1S/C14H11F3O4S/c1-20-13-11(10-6-3-2-4-7-10)8-5-9-12(13)21-22(18,19)14(15,16)17/h2-9H,1H3. The molecular formula is C14H11F3O4S. The Morgan fingerprint density at radius 2 is 1.59 bits per heavy atom. The van der Waals surface area contributed by atoms with Crippen molar-refractivity contribution in [1.82, 2.24) is 0 Å². The van der Waals surface area contributed by atoms with Gasteiger partial charge in [-0.25, -0.2) is 0 Å². The summed E-state index contributed by atoms with van der Waals surface area (Å²) >= 11 is 0. The van der Waals surface area contributed by atoms with E-state index >= 15 is 0 Å². The molecule has 0 heterocycles. The normalized spacial score (nSPS) is 12.0. The Hall–Kier alpha value is -2.22. The molecule has 0 aliphatic rings. The summed E-state index contributed by atoms with van der Waals surface area (Å²) in [4.78, 5) is 0. The van der Waals surface area contributed by atoms with Crippen LogP contribution in [0.1, 0.15) is 0 Å². The van der Waals surface area contributed by atoms with Crippen LogP contribution in [0.15, 0.2) is 48.5 Å². The molecule has 2 aromatic carbocycles. The van der Waals surface area contributed by atoms with Crippen LogP contribution in [-0.2, 0) is 10.1 Å². The second-order valence-corrected chi connectivity index (χ2v) is 5.72. The summed E-state index contributed by atoms with van der Waals surface area (Å²) in [6, 6.07) is 12.7. The highest BCUT2D eigenvalue weighted by Crippen LogP contribution is 2.40. The molecule has 2 aromatic rings. The molecule has 8 heteroatoms. The van der Waals surface area contributed by atoms with Gasteiger partial charge in [-0.15, -0.1) is 0 Å². The van der Waals surface area contributed by atoms with E-state index in [1.807, 2.05) is 0 Å². The molecule has 0 N–H and O–H groups in total. The predicted molar refractivity (Wildman–Crippen MR) is 74.0 cm³/mol. The molecule has 4 nitrogen and oxygen atoms in total. The van der Waals surface area contributed by atoms with Crippen LogP contribution in [0.5, 0.6) is 11.5 Å². The van der Waals surface area contributed by atoms with Crippen molar-refractivity contribution in [2.24, 2.45) is 0 Å². The van der Waals surface area contributed by atoms with Gasteiger partial charge in [0.2, 0.25) is 0 Å². The highest BCUT2D eigenvalue weighted by atomic mass is 32.2. The number of methoxy groups -OCH3 is 1. The Balaban J connectivity index is 2.51. The molecule has 0 radical (unpaired) electrons. The van der Waals surface area contributed by atoms with Gasteiger partial charge in [0.15, 0.2) is 11.5 Å². The van der Waals surface area contributed by atoms with Gasteiger partial charge in [0.25, 0.3) is 0 Å². The number of rotatable bonds is 4. The Labute approximate surface area is 125 Å². The number of para-hydroxylation sites is 1. The van der Waals surface area contributed by atoms with Gasteiger partial charge in [-0.05, 0) is 11.6 Å². The molecule has 0 amide bonds. The summed E-state index contributed by atoms with van der Waals surface area (Å²) in [7, 11) is -4.55. The molecule has 0 aliphatic carbocycles. The molecular weight excluding hydrogens is 321 g/mol. The maximum absolute atomic E-state index is 12.4. The van der Waals surface area contributed by atoms with E-state index in [1.54, 1.807) is 36.4 Å². The van der Waals surface area contributed by atoms with Gasteiger partial charge >= 0.3 is 15.6 Å². The average molecular weight is 332 g/mol. The quantitative estimate of drug-likeness (QED) is 0.634. The van der Waals surface area contributed by atoms with Gasteiger partial charge in [0.1, 0.15) is 0 Å². The van der Waals surface area contributed by atoms with E-state index in [1.165, 1.54) is 13.2 Å². The molecule has 0 bridgehead atoms. The van der Waals surface area contributed by atoms with Crippen LogP contribution in [-0.4, -0.2) is 21.0 Å². The van der Waals surface area contributed by atoms with Crippen molar-refractivity contribution in [3.8, 4) is 22.6 Å². The number of hydrogen-bond donors (Lipinski definition) is 0. The monoisotopic (exact) mass is 332 g/mol. The number of ether oxygens (including phenoxy) is 1. The lowest BCUT2D eigenvalue weighted by Gasteiger charge is -2.15. The summed E-state index contributed by atoms with van der Waals surface area (Å²) < 4.78 is 68.7. The Bertz CT molecular complexity index is 755. The van der Waals surface area contributed by atoms with Crippen LogP contribution in [0.4, 0.5) is 13.2 Å². The highest BCUT2D eigenvalue weighted by molar-refractivity contribution is 7.88. The van der Waals surface area contributed by atoms with E-state index in [2.05, 4.69) is 4.18 Å². The first kappa shape index (κ1) is 16.2. The zero-order chi connectivity index (χ0) is 16.4. The number of benzene rings is 2. The van der Waals surface area contributed by atoms with Crippen molar-refractivity contribution in [2.45, 2.75) is 5.51 Å². The molecule has 22 heavy (non-hydrogen) atoms. The average Bonchev–Trinajstić information content (AvgIpc) is 2.46. The summed E-state index contributed by atoms with van der Waals surface area (Å²) in [5.74, 6) is -0.622. The van der Waals surface area contributed by atoms with E-state index < -0.39 is 21.4 Å². The first-order valence-electron chi connectivity index (χ1n) is 5.99. The SMILES string of the molecule is COc1c(OS(=O)(=O)C(F)(F)F)cccc1-c1ccccc1. The Morgan fingerprint density at radius 1 is 0.955 bits per heavy atom. The van der Waals surface area contributed by atoms with Crippen LogP contribution in [0.25, 0.3) is 11.1 Å². The van der Waals surface area contributed by atoms with Crippen molar-refractivity contribution < 1.29 is 30.5 Å². The van der Waals surface area contributed by atoms with E-state index in [0.29, 0.717) is 11.1 Å². The highest BCUT2D eigenvalue weighted by Gasteiger charge is 2.49. The molecule has 0 spiro atoms. The first-order valence-corrected chi connectivity index (χ1v) is 7.40. The van der Waals surface area contributed by atoms with Gasteiger partial charge in [-0.3, -0.25) is 0 Å². The van der Waals surface area contributed by atoms with Crippen molar-refractivity contribution in [3.63, 3.8) is 0 Å². The van der Waals surface area contributed by atoms with Crippen molar-refractivity contribution in [1.29, 1.82) is 0 Å². The second kappa shape index (κ2) is 5.88. The Morgan fingerprint density at radius 3 is 2.14 bits per heavy atom. The molecule has 0 aromatic heterocycles. The fraction of sp³-hybridized carbons (Fsp3) is 0.143. The largest absolute Gasteiger partial charge is 0.534 e. The number of halogens is 3. The van der Waals surface area contributed by atoms with Crippen LogP contribution >= 0.6 is 0 Å². The van der Waals surface area contributed by atoms with E-state index in [4.69, 9.17) is 4.74 Å². The molecule has 0 aliphatic heterocycles. The van der Waals surface area contributed by atoms with Crippen molar-refractivity contribution in [3.05, 3.63) is 48.5 Å². The lowest BCUT2D eigenvalue weighted by molar-refractivity contribution is -0.0500. The van der Waals surface area contributed by atoms with E-state index in [-0.39, 0.29) is 5.75 Å². The van der Waals surface area contributed by atoms with Gasteiger partial charge < -0.3 is 8.92 Å². The zero-order valence-electron chi connectivity index (χ0n) is 11.3.